The molecule has 6 nitrogen and oxygen atoms in total. The number of esters is 1. The largest absolute Gasteiger partial charge is 0.496 e. The molecule has 32 heavy (non-hydrogen) atoms. The monoisotopic (exact) mass is 452 g/mol. The minimum atomic E-state index is -0.753. The van der Waals surface area contributed by atoms with E-state index in [-0.39, 0.29) is 23.6 Å². The summed E-state index contributed by atoms with van der Waals surface area (Å²) in [6.07, 6.45) is 1.69. The van der Waals surface area contributed by atoms with Gasteiger partial charge in [0.2, 0.25) is 0 Å². The predicted molar refractivity (Wildman–Crippen MR) is 120 cm³/mol. The maximum Gasteiger partial charge on any atom is 0.338 e. The zero-order chi connectivity index (χ0) is 22.8. The summed E-state index contributed by atoms with van der Waals surface area (Å²) in [5.41, 5.74) is 1.81. The quantitative estimate of drug-likeness (QED) is 0.558. The summed E-state index contributed by atoms with van der Waals surface area (Å²) in [6.45, 7) is 3.65. The first-order valence-corrected chi connectivity index (χ1v) is 10.8. The van der Waals surface area contributed by atoms with Gasteiger partial charge in [-0.05, 0) is 43.7 Å². The smallest absolute Gasteiger partial charge is 0.338 e. The van der Waals surface area contributed by atoms with E-state index in [1.54, 1.807) is 38.1 Å². The number of hydrogen-bond donors (Lipinski definition) is 0. The summed E-state index contributed by atoms with van der Waals surface area (Å²) in [7, 11) is 1.54. The fourth-order valence-electron chi connectivity index (χ4n) is 3.69. The lowest BCUT2D eigenvalue weighted by molar-refractivity contribution is -0.139. The van der Waals surface area contributed by atoms with E-state index < -0.39 is 12.0 Å². The number of para-hydroxylation sites is 1. The molecule has 1 aliphatic heterocycles. The van der Waals surface area contributed by atoms with Crippen molar-refractivity contribution in [2.45, 2.75) is 19.9 Å². The fourth-order valence-corrected chi connectivity index (χ4v) is 4.74. The van der Waals surface area contributed by atoms with Gasteiger partial charge in [-0.25, -0.2) is 14.2 Å². The van der Waals surface area contributed by atoms with Gasteiger partial charge in [0.1, 0.15) is 17.6 Å². The summed E-state index contributed by atoms with van der Waals surface area (Å²) in [5.74, 6) is -0.339. The first kappa shape index (κ1) is 21.7. The highest BCUT2D eigenvalue weighted by molar-refractivity contribution is 7.07. The van der Waals surface area contributed by atoms with Gasteiger partial charge in [0.25, 0.3) is 5.56 Å². The van der Waals surface area contributed by atoms with E-state index in [0.29, 0.717) is 31.9 Å². The molecule has 1 aliphatic rings. The molecule has 0 saturated carbocycles. The van der Waals surface area contributed by atoms with Gasteiger partial charge in [0.05, 0.1) is 29.5 Å². The molecule has 3 aromatic rings. The van der Waals surface area contributed by atoms with Gasteiger partial charge in [-0.15, -0.1) is 0 Å². The van der Waals surface area contributed by atoms with E-state index in [4.69, 9.17) is 9.47 Å². The Labute approximate surface area is 187 Å². The molecule has 0 saturated heterocycles. The molecule has 1 aromatic heterocycles. The summed E-state index contributed by atoms with van der Waals surface area (Å²) in [4.78, 5) is 31.4. The third kappa shape index (κ3) is 3.89. The van der Waals surface area contributed by atoms with Crippen molar-refractivity contribution >= 4 is 23.4 Å². The molecule has 0 aliphatic carbocycles. The van der Waals surface area contributed by atoms with Crippen LogP contribution < -0.4 is 19.6 Å². The minimum absolute atomic E-state index is 0.198. The first-order chi connectivity index (χ1) is 15.4. The van der Waals surface area contributed by atoms with Gasteiger partial charge in [-0.2, -0.15) is 0 Å². The molecule has 0 amide bonds. The van der Waals surface area contributed by atoms with Crippen LogP contribution in [0.3, 0.4) is 0 Å². The molecular weight excluding hydrogens is 431 g/mol. The molecule has 0 fully saturated rings. The third-order valence-corrected chi connectivity index (χ3v) is 6.10. The van der Waals surface area contributed by atoms with Crippen LogP contribution in [0.4, 0.5) is 4.39 Å². The highest BCUT2D eigenvalue weighted by Crippen LogP contribution is 2.35. The van der Waals surface area contributed by atoms with Crippen LogP contribution >= 0.6 is 11.3 Å². The maximum absolute atomic E-state index is 13.5. The number of methoxy groups -OCH3 is 1. The number of rotatable bonds is 5. The highest BCUT2D eigenvalue weighted by atomic mass is 32.1. The number of fused-ring (bicyclic) bond motifs is 1. The van der Waals surface area contributed by atoms with E-state index in [2.05, 4.69) is 4.99 Å². The van der Waals surface area contributed by atoms with Crippen molar-refractivity contribution in [1.82, 2.24) is 4.57 Å². The maximum atomic E-state index is 13.5. The zero-order valence-corrected chi connectivity index (χ0v) is 18.6. The standard InChI is InChI=1S/C24H21FN2O4S/c1-4-31-23(29)20-14(2)26-24-27(21(20)17-7-5-6-8-18(17)30-3)22(28)19(32-24)13-15-9-11-16(25)12-10-15/h5-13,21H,4H2,1-3H3/t21-/m1/s1. The molecule has 2 aromatic carbocycles. The van der Waals surface area contributed by atoms with Crippen molar-refractivity contribution in [3.05, 3.63) is 96.4 Å². The number of benzene rings is 2. The van der Waals surface area contributed by atoms with Gasteiger partial charge < -0.3 is 9.47 Å². The van der Waals surface area contributed by atoms with Crippen LogP contribution in [0.2, 0.25) is 0 Å². The van der Waals surface area contributed by atoms with Crippen molar-refractivity contribution in [1.29, 1.82) is 0 Å². The normalized spacial score (nSPS) is 15.9. The van der Waals surface area contributed by atoms with Crippen molar-refractivity contribution in [2.24, 2.45) is 4.99 Å². The molecular formula is C24H21FN2O4S. The van der Waals surface area contributed by atoms with E-state index >= 15 is 0 Å². The second-order valence-electron chi connectivity index (χ2n) is 7.10. The number of aromatic nitrogens is 1. The van der Waals surface area contributed by atoms with Gasteiger partial charge in [-0.1, -0.05) is 41.7 Å². The number of thiazole rings is 1. The first-order valence-electron chi connectivity index (χ1n) is 10.0. The Morgan fingerprint density at radius 2 is 1.94 bits per heavy atom. The van der Waals surface area contributed by atoms with E-state index in [1.807, 2.05) is 18.2 Å². The van der Waals surface area contributed by atoms with E-state index in [1.165, 1.54) is 35.1 Å². The Kier molecular flexibility index (Phi) is 6.05. The third-order valence-electron chi connectivity index (χ3n) is 5.12. The number of halogens is 1. The Morgan fingerprint density at radius 1 is 1.22 bits per heavy atom. The van der Waals surface area contributed by atoms with Crippen LogP contribution in [0.15, 0.2) is 69.6 Å². The van der Waals surface area contributed by atoms with Gasteiger partial charge in [-0.3, -0.25) is 9.36 Å². The number of carbonyl (C=O) groups excluding carboxylic acids is 1. The van der Waals surface area contributed by atoms with Gasteiger partial charge in [0, 0.05) is 5.56 Å². The molecule has 0 spiro atoms. The topological polar surface area (TPSA) is 69.9 Å². The number of allylic oxidation sites excluding steroid dienone is 1. The molecule has 1 atom stereocenters. The predicted octanol–water partition coefficient (Wildman–Crippen LogP) is 2.95. The number of nitrogens with zero attached hydrogens (tertiary/aromatic N) is 2. The van der Waals surface area contributed by atoms with Crippen molar-refractivity contribution in [3.63, 3.8) is 0 Å². The SMILES string of the molecule is CCOC(=O)C1=C(C)N=c2sc(=Cc3ccc(F)cc3)c(=O)n2[C@@H]1c1ccccc1OC. The van der Waals surface area contributed by atoms with Crippen molar-refractivity contribution in [2.75, 3.05) is 13.7 Å². The van der Waals surface area contributed by atoms with E-state index in [9.17, 15) is 14.0 Å². The van der Waals surface area contributed by atoms with Crippen LogP contribution in [0.5, 0.6) is 5.75 Å². The Bertz CT molecular complexity index is 1390. The molecule has 8 heteroatoms. The molecule has 0 bridgehead atoms. The Morgan fingerprint density at radius 3 is 2.62 bits per heavy atom. The van der Waals surface area contributed by atoms with Crippen molar-refractivity contribution in [3.8, 4) is 5.75 Å². The second-order valence-corrected chi connectivity index (χ2v) is 8.10. The average molecular weight is 453 g/mol. The molecule has 4 rings (SSSR count). The molecule has 0 radical (unpaired) electrons. The summed E-state index contributed by atoms with van der Waals surface area (Å²) in [6, 6.07) is 12.4. The fraction of sp³-hybridized carbons (Fsp3) is 0.208. The lowest BCUT2D eigenvalue weighted by Gasteiger charge is -2.25. The van der Waals surface area contributed by atoms with Crippen LogP contribution in [-0.2, 0) is 9.53 Å². The van der Waals surface area contributed by atoms with Gasteiger partial charge >= 0.3 is 5.97 Å². The minimum Gasteiger partial charge on any atom is -0.496 e. The number of carbonyl (C=O) groups is 1. The van der Waals surface area contributed by atoms with Crippen LogP contribution in [-0.4, -0.2) is 24.3 Å². The number of ether oxygens (including phenoxy) is 2. The van der Waals surface area contributed by atoms with Gasteiger partial charge in [0.15, 0.2) is 4.80 Å². The summed E-state index contributed by atoms with van der Waals surface area (Å²) < 4.78 is 26.0. The number of hydrogen-bond acceptors (Lipinski definition) is 6. The van der Waals surface area contributed by atoms with Crippen molar-refractivity contribution < 1.29 is 18.7 Å². The molecule has 0 N–H and O–H groups in total. The second kappa shape index (κ2) is 8.92. The lowest BCUT2D eigenvalue weighted by atomic mass is 9.95. The summed E-state index contributed by atoms with van der Waals surface area (Å²) in [5, 5.41) is 0. The zero-order valence-electron chi connectivity index (χ0n) is 17.8. The van der Waals surface area contributed by atoms with Crippen LogP contribution in [0.1, 0.15) is 31.0 Å². The van der Waals surface area contributed by atoms with Crippen LogP contribution in [0, 0.1) is 5.82 Å². The molecule has 2 heterocycles. The Hall–Kier alpha value is -3.52. The van der Waals surface area contributed by atoms with Crippen LogP contribution in [0.25, 0.3) is 6.08 Å². The lowest BCUT2D eigenvalue weighted by Crippen LogP contribution is -2.40. The molecule has 164 valence electrons. The van der Waals surface area contributed by atoms with E-state index in [0.717, 1.165) is 0 Å². The summed E-state index contributed by atoms with van der Waals surface area (Å²) >= 11 is 1.21. The Balaban J connectivity index is 1.98. The molecule has 0 unspecified atom stereocenters. The average Bonchev–Trinajstić information content (AvgIpc) is 3.09. The highest BCUT2D eigenvalue weighted by Gasteiger charge is 2.34.